The van der Waals surface area contributed by atoms with Crippen LogP contribution in [0.3, 0.4) is 0 Å². The molecule has 0 aliphatic carbocycles. The van der Waals surface area contributed by atoms with Gasteiger partial charge in [-0.1, -0.05) is 172 Å². The first-order valence-corrected chi connectivity index (χ1v) is 26.7. The first kappa shape index (κ1) is 62.6. The first-order chi connectivity index (χ1) is 33.5. The second-order valence-corrected chi connectivity index (χ2v) is 18.7. The van der Waals surface area contributed by atoms with Gasteiger partial charge in [-0.15, -0.1) is 0 Å². The molecule has 2 rings (SSSR count). The van der Waals surface area contributed by atoms with Gasteiger partial charge in [0.15, 0.2) is 18.7 Å². The zero-order valence-corrected chi connectivity index (χ0v) is 42.3. The molecule has 0 aromatic carbocycles. The maximum atomic E-state index is 13.0. The molecule has 0 saturated carbocycles. The largest absolute Gasteiger partial charge is 0.462 e. The van der Waals surface area contributed by atoms with Crippen molar-refractivity contribution in [2.24, 2.45) is 0 Å². The number of rotatable bonds is 41. The monoisotopic (exact) mass is 983 g/mol. The summed E-state index contributed by atoms with van der Waals surface area (Å²) in [7, 11) is 0. The minimum absolute atomic E-state index is 0.113. The molecule has 0 amide bonds. The molecule has 0 aromatic rings. The van der Waals surface area contributed by atoms with Gasteiger partial charge in [-0.3, -0.25) is 9.59 Å². The SMILES string of the molecule is CC/C=C/C/C=C/C/C=C/C/C=C/CCCCC(=O)O[C@@H](COC(=O)CCCCCCCCCCCCCCCCCCCC)CO[C@@H]1O[C@H](CO[C@@H]2O[C@H](CO)[C@H](O)C(O)C2O)[C@H](O)C(O)C1O. The van der Waals surface area contributed by atoms with E-state index in [0.717, 1.165) is 57.8 Å². The average molecular weight is 983 g/mol. The fourth-order valence-corrected chi connectivity index (χ4v) is 8.21. The predicted molar refractivity (Wildman–Crippen MR) is 266 cm³/mol. The first-order valence-electron chi connectivity index (χ1n) is 26.7. The summed E-state index contributed by atoms with van der Waals surface area (Å²) >= 11 is 0. The molecule has 11 atom stereocenters. The Labute approximate surface area is 414 Å². The summed E-state index contributed by atoms with van der Waals surface area (Å²) in [6, 6.07) is 0. The van der Waals surface area contributed by atoms with Gasteiger partial charge in [0.25, 0.3) is 0 Å². The van der Waals surface area contributed by atoms with Gasteiger partial charge in [-0.2, -0.15) is 0 Å². The predicted octanol–water partition coefficient (Wildman–Crippen LogP) is 7.88. The van der Waals surface area contributed by atoms with Gasteiger partial charge in [0.2, 0.25) is 0 Å². The van der Waals surface area contributed by atoms with Crippen molar-refractivity contribution in [2.75, 3.05) is 26.4 Å². The smallest absolute Gasteiger partial charge is 0.306 e. The second-order valence-electron chi connectivity index (χ2n) is 18.7. The molecular weight excluding hydrogens is 889 g/mol. The topological polar surface area (TPSA) is 231 Å². The Balaban J connectivity index is 1.80. The highest BCUT2D eigenvalue weighted by Crippen LogP contribution is 2.26. The number of hydrogen-bond acceptors (Lipinski definition) is 15. The molecule has 2 aliphatic heterocycles. The van der Waals surface area contributed by atoms with E-state index in [4.69, 9.17) is 28.4 Å². The molecule has 2 saturated heterocycles. The third-order valence-corrected chi connectivity index (χ3v) is 12.6. The quantitative estimate of drug-likeness (QED) is 0.0176. The Hall–Kier alpha value is -2.54. The van der Waals surface area contributed by atoms with Crippen molar-refractivity contribution >= 4 is 11.9 Å². The summed E-state index contributed by atoms with van der Waals surface area (Å²) in [5, 5.41) is 72.1. The number of carbonyl (C=O) groups is 2. The van der Waals surface area contributed by atoms with Crippen LogP contribution in [0, 0.1) is 0 Å². The van der Waals surface area contributed by atoms with Crippen molar-refractivity contribution in [3.63, 3.8) is 0 Å². The van der Waals surface area contributed by atoms with Gasteiger partial charge < -0.3 is 64.2 Å². The standard InChI is InChI=1S/C54H94O15/c1-3-5-7-9-11-13-15-17-19-20-21-23-24-26-28-30-32-34-36-45(56)64-39-42(67-46(57)37-35-33-31-29-27-25-22-18-16-14-12-10-8-6-4-2)40-65-53-52(63)50(61)48(59)44(69-53)41-66-54-51(62)49(60)47(58)43(38-55)68-54/h6,8,12,14,18,22,27,29,42-44,47-55,58-63H,3-5,7,9-11,13,15-17,19-21,23-26,28,30-41H2,1-2H3/b8-6+,14-12+,22-18+,29-27+/t42-,43+,44+,47-,48-,49?,50?,51?,52?,53+,54+/m0/s1. The third-order valence-electron chi connectivity index (χ3n) is 12.6. The van der Waals surface area contributed by atoms with E-state index >= 15 is 0 Å². The number of allylic oxidation sites excluding steroid dienone is 8. The molecule has 4 unspecified atom stereocenters. The molecule has 400 valence electrons. The van der Waals surface area contributed by atoms with Crippen LogP contribution in [0.25, 0.3) is 0 Å². The van der Waals surface area contributed by atoms with E-state index in [-0.39, 0.29) is 19.4 Å². The van der Waals surface area contributed by atoms with E-state index in [9.17, 15) is 45.3 Å². The Morgan fingerprint density at radius 1 is 0.478 bits per heavy atom. The van der Waals surface area contributed by atoms with E-state index in [1.165, 1.54) is 89.9 Å². The summed E-state index contributed by atoms with van der Waals surface area (Å²) in [4.78, 5) is 25.8. The van der Waals surface area contributed by atoms with Crippen LogP contribution in [0.2, 0.25) is 0 Å². The summed E-state index contributed by atoms with van der Waals surface area (Å²) in [5.41, 5.74) is 0. The Bertz CT molecular complexity index is 1390. The maximum absolute atomic E-state index is 13.0. The second kappa shape index (κ2) is 41.0. The number of aliphatic hydroxyl groups is 7. The molecule has 7 N–H and O–H groups in total. The Morgan fingerprint density at radius 2 is 0.913 bits per heavy atom. The highest BCUT2D eigenvalue weighted by Gasteiger charge is 2.47. The summed E-state index contributed by atoms with van der Waals surface area (Å²) in [6.45, 7) is 2.44. The molecule has 69 heavy (non-hydrogen) atoms. The van der Waals surface area contributed by atoms with Crippen LogP contribution in [-0.2, 0) is 38.0 Å². The lowest BCUT2D eigenvalue weighted by molar-refractivity contribution is -0.332. The number of aliphatic hydroxyl groups excluding tert-OH is 7. The molecule has 0 spiro atoms. The number of unbranched alkanes of at least 4 members (excludes halogenated alkanes) is 19. The lowest BCUT2D eigenvalue weighted by atomic mass is 9.98. The van der Waals surface area contributed by atoms with Crippen molar-refractivity contribution in [2.45, 2.75) is 255 Å². The average Bonchev–Trinajstić information content (AvgIpc) is 3.34. The molecule has 0 bridgehead atoms. The van der Waals surface area contributed by atoms with Crippen molar-refractivity contribution < 1.29 is 73.8 Å². The number of esters is 2. The van der Waals surface area contributed by atoms with Gasteiger partial charge in [-0.25, -0.2) is 0 Å². The maximum Gasteiger partial charge on any atom is 0.306 e. The van der Waals surface area contributed by atoms with Crippen molar-refractivity contribution in [1.29, 1.82) is 0 Å². The molecule has 0 radical (unpaired) electrons. The van der Waals surface area contributed by atoms with Crippen LogP contribution in [0.4, 0.5) is 0 Å². The Morgan fingerprint density at radius 3 is 1.43 bits per heavy atom. The lowest BCUT2D eigenvalue weighted by Crippen LogP contribution is -2.61. The summed E-state index contributed by atoms with van der Waals surface area (Å²) < 4.78 is 33.6. The molecule has 2 aliphatic rings. The van der Waals surface area contributed by atoms with Crippen LogP contribution in [0.15, 0.2) is 48.6 Å². The van der Waals surface area contributed by atoms with Gasteiger partial charge in [0, 0.05) is 12.8 Å². The Kier molecular flexibility index (Phi) is 37.2. The molecule has 2 heterocycles. The molecule has 0 aromatic heterocycles. The fraction of sp³-hybridized carbons (Fsp3) is 0.815. The van der Waals surface area contributed by atoms with E-state index < -0.39 is 99.3 Å². The van der Waals surface area contributed by atoms with E-state index in [1.807, 2.05) is 0 Å². The van der Waals surface area contributed by atoms with Crippen LogP contribution >= 0.6 is 0 Å². The highest BCUT2D eigenvalue weighted by atomic mass is 16.7. The number of carbonyl (C=O) groups excluding carboxylic acids is 2. The van der Waals surface area contributed by atoms with Gasteiger partial charge in [0.05, 0.1) is 19.8 Å². The molecule has 15 nitrogen and oxygen atoms in total. The van der Waals surface area contributed by atoms with E-state index in [0.29, 0.717) is 12.8 Å². The minimum Gasteiger partial charge on any atom is -0.462 e. The zero-order chi connectivity index (χ0) is 50.3. The molecule has 2 fully saturated rings. The third kappa shape index (κ3) is 28.9. The number of ether oxygens (including phenoxy) is 6. The van der Waals surface area contributed by atoms with E-state index in [1.54, 1.807) is 0 Å². The van der Waals surface area contributed by atoms with Gasteiger partial charge in [0.1, 0.15) is 55.4 Å². The number of hydrogen-bond donors (Lipinski definition) is 7. The van der Waals surface area contributed by atoms with Crippen LogP contribution in [-0.4, -0.2) is 142 Å². The molecular formula is C54H94O15. The highest BCUT2D eigenvalue weighted by molar-refractivity contribution is 5.70. The lowest BCUT2D eigenvalue weighted by Gasteiger charge is -2.42. The molecule has 15 heteroatoms. The summed E-state index contributed by atoms with van der Waals surface area (Å²) in [5.74, 6) is -0.969. The van der Waals surface area contributed by atoms with Crippen LogP contribution in [0.5, 0.6) is 0 Å². The van der Waals surface area contributed by atoms with Gasteiger partial charge >= 0.3 is 11.9 Å². The van der Waals surface area contributed by atoms with Crippen LogP contribution in [0.1, 0.15) is 187 Å². The minimum atomic E-state index is -1.77. The zero-order valence-electron chi connectivity index (χ0n) is 42.3. The van der Waals surface area contributed by atoms with Crippen molar-refractivity contribution in [3.05, 3.63) is 48.6 Å². The normalized spacial score (nSPS) is 25.9. The van der Waals surface area contributed by atoms with Crippen molar-refractivity contribution in [1.82, 2.24) is 0 Å². The van der Waals surface area contributed by atoms with Gasteiger partial charge in [-0.05, 0) is 51.4 Å². The summed E-state index contributed by atoms with van der Waals surface area (Å²) in [6.07, 6.45) is 28.6. The van der Waals surface area contributed by atoms with Crippen molar-refractivity contribution in [3.8, 4) is 0 Å². The van der Waals surface area contributed by atoms with Crippen LogP contribution < -0.4 is 0 Å². The fourth-order valence-electron chi connectivity index (χ4n) is 8.21. The van der Waals surface area contributed by atoms with E-state index in [2.05, 4.69) is 62.5 Å².